The van der Waals surface area contributed by atoms with E-state index in [0.29, 0.717) is 12.1 Å². The van der Waals surface area contributed by atoms with Crippen LogP contribution in [-0.4, -0.2) is 52.4 Å². The van der Waals surface area contributed by atoms with Crippen LogP contribution in [0.1, 0.15) is 11.7 Å². The van der Waals surface area contributed by atoms with Gasteiger partial charge in [0.15, 0.2) is 5.75 Å². The van der Waals surface area contributed by atoms with Crippen LogP contribution in [0.4, 0.5) is 26.9 Å². The van der Waals surface area contributed by atoms with Gasteiger partial charge in [0.25, 0.3) is 6.17 Å². The van der Waals surface area contributed by atoms with Crippen LogP contribution in [-0.2, 0) is 0 Å². The fourth-order valence-electron chi connectivity index (χ4n) is 4.43. The Kier molecular flexibility index (Phi) is 4.96. The first-order valence-corrected chi connectivity index (χ1v) is 10.8. The molecule has 0 bridgehead atoms. The third-order valence-corrected chi connectivity index (χ3v) is 6.36. The maximum Gasteiger partial charge on any atom is 0.327 e. The molecule has 2 fully saturated rings. The molecule has 3 aliphatic heterocycles. The van der Waals surface area contributed by atoms with Gasteiger partial charge < -0.3 is 4.84 Å². The summed E-state index contributed by atoms with van der Waals surface area (Å²) in [5, 5.41) is 0. The van der Waals surface area contributed by atoms with Crippen molar-refractivity contribution >= 4 is 18.0 Å². The highest BCUT2D eigenvalue weighted by Gasteiger charge is 2.66. The summed E-state index contributed by atoms with van der Waals surface area (Å²) >= 11 is 1.03. The molecule has 7 nitrogen and oxygen atoms in total. The number of amides is 2. The van der Waals surface area contributed by atoms with E-state index in [-0.39, 0.29) is 30.0 Å². The molecule has 0 saturated carbocycles. The average molecular weight is 474 g/mol. The summed E-state index contributed by atoms with van der Waals surface area (Å²) in [5.74, 6) is -3.17. The van der Waals surface area contributed by atoms with E-state index in [1.54, 1.807) is 6.26 Å². The van der Waals surface area contributed by atoms with Gasteiger partial charge in [-0.3, -0.25) is 9.80 Å². The largest absolute Gasteiger partial charge is 0.406 e. The van der Waals surface area contributed by atoms with E-state index in [9.17, 15) is 26.9 Å². The number of carbonyl (C=O) groups excluding carboxylic acids is 1. The number of benzene rings is 2. The summed E-state index contributed by atoms with van der Waals surface area (Å²) in [6.45, 7) is -0.557. The number of carbonyl (C=O) groups is 1. The number of hydroxylamine groups is 1. The number of hydrogen-bond acceptors (Lipinski definition) is 5. The highest BCUT2D eigenvalue weighted by molar-refractivity contribution is 7.96. The van der Waals surface area contributed by atoms with Crippen molar-refractivity contribution in [1.29, 1.82) is 0 Å². The van der Waals surface area contributed by atoms with Crippen LogP contribution in [0.3, 0.4) is 0 Å². The maximum absolute atomic E-state index is 14.8. The van der Waals surface area contributed by atoms with Crippen LogP contribution in [0.25, 0.3) is 11.1 Å². The number of urea groups is 1. The van der Waals surface area contributed by atoms with Crippen molar-refractivity contribution in [3.05, 3.63) is 53.3 Å². The molecule has 3 aliphatic rings. The second kappa shape index (κ2) is 7.47. The number of halogens is 5. The van der Waals surface area contributed by atoms with Crippen molar-refractivity contribution in [3.8, 4) is 16.9 Å². The number of hydrogen-bond donors (Lipinski definition) is 2. The van der Waals surface area contributed by atoms with Crippen LogP contribution >= 0.6 is 11.9 Å². The molecule has 3 atom stereocenters. The number of nitrogens with zero attached hydrogens (tertiary/aromatic N) is 3. The molecule has 32 heavy (non-hydrogen) atoms. The zero-order valence-electron chi connectivity index (χ0n) is 16.5. The SMILES string of the molecule is CSNC1CN2C(=O)N(C3NOc4cccc(-c5c(F)cc(F)cc5F)c43)CC2[N+]1(F)F. The first-order valence-electron chi connectivity index (χ1n) is 9.57. The lowest BCUT2D eigenvalue weighted by molar-refractivity contribution is -1.19. The lowest BCUT2D eigenvalue weighted by atomic mass is 9.96. The van der Waals surface area contributed by atoms with Gasteiger partial charge >= 0.3 is 6.03 Å². The Morgan fingerprint density at radius 2 is 1.88 bits per heavy atom. The summed E-state index contributed by atoms with van der Waals surface area (Å²) in [6, 6.07) is 4.81. The fourth-order valence-corrected chi connectivity index (χ4v) is 4.92. The molecule has 2 N–H and O–H groups in total. The molecule has 0 radical (unpaired) electrons. The van der Waals surface area contributed by atoms with Gasteiger partial charge in [0.2, 0.25) is 6.17 Å². The quantitative estimate of drug-likeness (QED) is 0.404. The molecule has 13 heteroatoms. The van der Waals surface area contributed by atoms with E-state index >= 15 is 0 Å². The Morgan fingerprint density at radius 3 is 2.53 bits per heavy atom. The van der Waals surface area contributed by atoms with Crippen molar-refractivity contribution in [2.75, 3.05) is 19.3 Å². The fraction of sp³-hybridized carbons (Fsp3) is 0.316. The Bertz CT molecular complexity index is 1080. The molecule has 5 rings (SSSR count). The van der Waals surface area contributed by atoms with Crippen LogP contribution in [0.2, 0.25) is 0 Å². The Balaban J connectivity index is 1.53. The van der Waals surface area contributed by atoms with Gasteiger partial charge in [0.1, 0.15) is 36.7 Å². The number of nitrogens with one attached hydrogen (secondary N) is 2. The minimum atomic E-state index is -2.42. The molecule has 0 aromatic heterocycles. The van der Waals surface area contributed by atoms with E-state index < -0.39 is 52.5 Å². The Hall–Kier alpha value is -2.61. The zero-order chi connectivity index (χ0) is 22.8. The molecular formula is C19H17F5N5O2S+. The van der Waals surface area contributed by atoms with E-state index in [4.69, 9.17) is 4.84 Å². The summed E-state index contributed by atoms with van der Waals surface area (Å²) in [7, 11) is 0. The predicted molar refractivity (Wildman–Crippen MR) is 104 cm³/mol. The molecule has 3 heterocycles. The van der Waals surface area contributed by atoms with Crippen LogP contribution in [0, 0.1) is 17.5 Å². The second-order valence-corrected chi connectivity index (χ2v) is 8.24. The number of quaternary nitrogens is 1. The molecule has 0 aliphatic carbocycles. The van der Waals surface area contributed by atoms with Gasteiger partial charge in [-0.25, -0.2) is 22.7 Å². The molecule has 2 saturated heterocycles. The smallest absolute Gasteiger partial charge is 0.327 e. The molecule has 2 amide bonds. The maximum atomic E-state index is 14.8. The Labute approximate surface area is 183 Å². The summed E-state index contributed by atoms with van der Waals surface area (Å²) < 4.78 is 74.7. The van der Waals surface area contributed by atoms with Crippen molar-refractivity contribution in [2.45, 2.75) is 18.5 Å². The average Bonchev–Trinajstić information content (AvgIpc) is 3.35. The van der Waals surface area contributed by atoms with Crippen molar-refractivity contribution in [1.82, 2.24) is 20.0 Å². The van der Waals surface area contributed by atoms with E-state index in [1.165, 1.54) is 18.2 Å². The molecule has 0 spiro atoms. The van der Waals surface area contributed by atoms with Crippen molar-refractivity contribution in [3.63, 3.8) is 0 Å². The van der Waals surface area contributed by atoms with Gasteiger partial charge in [0.05, 0.1) is 10.5 Å². The minimum Gasteiger partial charge on any atom is -0.406 e. The highest BCUT2D eigenvalue weighted by atomic mass is 32.2. The highest BCUT2D eigenvalue weighted by Crippen LogP contribution is 2.45. The van der Waals surface area contributed by atoms with E-state index in [0.717, 1.165) is 21.7 Å². The monoisotopic (exact) mass is 474 g/mol. The number of fused-ring (bicyclic) bond motifs is 2. The van der Waals surface area contributed by atoms with Crippen LogP contribution < -0.4 is 15.0 Å². The second-order valence-electron chi connectivity index (χ2n) is 7.59. The summed E-state index contributed by atoms with van der Waals surface area (Å²) in [6.07, 6.45) is -2.14. The predicted octanol–water partition coefficient (Wildman–Crippen LogP) is 3.52. The topological polar surface area (TPSA) is 56.8 Å². The zero-order valence-corrected chi connectivity index (χ0v) is 17.3. The van der Waals surface area contributed by atoms with Gasteiger partial charge in [-0.15, -0.1) is 5.48 Å². The molecule has 2 aromatic carbocycles. The third-order valence-electron chi connectivity index (χ3n) is 5.86. The van der Waals surface area contributed by atoms with Gasteiger partial charge in [-0.1, -0.05) is 24.1 Å². The summed E-state index contributed by atoms with van der Waals surface area (Å²) in [5.41, 5.74) is 2.31. The van der Waals surface area contributed by atoms with Crippen LogP contribution in [0.15, 0.2) is 30.3 Å². The third kappa shape index (κ3) is 3.03. The van der Waals surface area contributed by atoms with E-state index in [2.05, 4.69) is 10.2 Å². The van der Waals surface area contributed by atoms with Gasteiger partial charge in [-0.2, -0.15) is 0 Å². The molecular weight excluding hydrogens is 457 g/mol. The molecule has 2 aromatic rings. The molecule has 170 valence electrons. The van der Waals surface area contributed by atoms with Crippen molar-refractivity contribution in [2.24, 2.45) is 0 Å². The standard InChI is InChI=1S/C19H17F5N5O2S/c1-32-26-14-7-27-15(29(14,23)24)8-28(19(27)30)18-17-10(3-2-4-13(17)31-25-18)16-11(21)5-9(20)6-12(16)22/h2-6,14-15,18,25-26H,7-8H2,1H3/q+1. The lowest BCUT2D eigenvalue weighted by Gasteiger charge is -2.25. The Morgan fingerprint density at radius 1 is 1.16 bits per heavy atom. The van der Waals surface area contributed by atoms with E-state index in [1.807, 2.05) is 0 Å². The van der Waals surface area contributed by atoms with Gasteiger partial charge in [-0.05, 0) is 17.9 Å². The normalized spacial score (nSPS) is 25.8. The van der Waals surface area contributed by atoms with Crippen LogP contribution in [0.5, 0.6) is 5.75 Å². The van der Waals surface area contributed by atoms with Crippen molar-refractivity contribution < 1.29 is 36.7 Å². The lowest BCUT2D eigenvalue weighted by Crippen LogP contribution is -2.51. The first-order chi connectivity index (χ1) is 15.2. The number of rotatable bonds is 4. The van der Waals surface area contributed by atoms with Gasteiger partial charge in [0, 0.05) is 26.7 Å². The molecule has 3 unspecified atom stereocenters. The summed E-state index contributed by atoms with van der Waals surface area (Å²) in [4.78, 5) is 18.2. The minimum absolute atomic E-state index is 0.0236. The first kappa shape index (κ1) is 21.2.